The Balaban J connectivity index is 1.63. The maximum Gasteiger partial charge on any atom is 0.407 e. The molecule has 0 radical (unpaired) electrons. The van der Waals surface area contributed by atoms with Crippen LogP contribution in [0.3, 0.4) is 0 Å². The van der Waals surface area contributed by atoms with Gasteiger partial charge in [-0.05, 0) is 29.2 Å². The molecule has 1 saturated heterocycles. The third-order valence-electron chi connectivity index (χ3n) is 5.24. The largest absolute Gasteiger partial charge is 0.407 e. The number of imidazole rings is 1. The van der Waals surface area contributed by atoms with Gasteiger partial charge in [-0.2, -0.15) is 18.7 Å². The first-order valence-corrected chi connectivity index (χ1v) is 9.72. The summed E-state index contributed by atoms with van der Waals surface area (Å²) in [6, 6.07) is 10.7. The van der Waals surface area contributed by atoms with Crippen LogP contribution in [0.25, 0.3) is 11.4 Å². The van der Waals surface area contributed by atoms with Gasteiger partial charge in [0.15, 0.2) is 0 Å². The molecule has 0 saturated carbocycles. The second-order valence-corrected chi connectivity index (χ2v) is 7.69. The van der Waals surface area contributed by atoms with E-state index in [-0.39, 0.29) is 6.04 Å². The van der Waals surface area contributed by atoms with E-state index in [1.807, 2.05) is 29.0 Å². The van der Waals surface area contributed by atoms with Crippen molar-refractivity contribution in [1.82, 2.24) is 30.9 Å². The summed E-state index contributed by atoms with van der Waals surface area (Å²) in [5.41, 5.74) is 10.0. The van der Waals surface area contributed by atoms with Gasteiger partial charge in [-0.15, -0.1) is 0 Å². The van der Waals surface area contributed by atoms with Gasteiger partial charge in [0.1, 0.15) is 11.7 Å². The lowest BCUT2D eigenvalue weighted by molar-refractivity contribution is -0.156. The molecule has 3 N–H and O–H groups in total. The van der Waals surface area contributed by atoms with Crippen molar-refractivity contribution in [2.75, 3.05) is 0 Å². The molecule has 3 aromatic rings. The van der Waals surface area contributed by atoms with Crippen LogP contribution in [0, 0.1) is 5.92 Å². The number of nitrogens with zero attached hydrogens (tertiary/aromatic N) is 3. The lowest BCUT2D eigenvalue weighted by Crippen LogP contribution is -2.43. The van der Waals surface area contributed by atoms with E-state index in [0.717, 1.165) is 0 Å². The zero-order chi connectivity index (χ0) is 21.3. The molecule has 3 atom stereocenters. The van der Waals surface area contributed by atoms with Crippen molar-refractivity contribution in [3.8, 4) is 11.4 Å². The fourth-order valence-electron chi connectivity index (χ4n) is 3.86. The van der Waals surface area contributed by atoms with Gasteiger partial charge in [-0.1, -0.05) is 44.2 Å². The SMILES string of the molecule is CC(C)C(c1ccccc1)n1cnc(-c2cc(C3NNNC3C(F)(F)F)ccn2)c1. The minimum Gasteiger partial charge on any atom is -0.329 e. The number of pyridine rings is 1. The van der Waals surface area contributed by atoms with Crippen LogP contribution in [0.5, 0.6) is 0 Å². The number of rotatable bonds is 5. The summed E-state index contributed by atoms with van der Waals surface area (Å²) < 4.78 is 41.9. The Morgan fingerprint density at radius 1 is 1.00 bits per heavy atom. The molecule has 158 valence electrons. The van der Waals surface area contributed by atoms with Gasteiger partial charge in [0.05, 0.1) is 24.1 Å². The van der Waals surface area contributed by atoms with Gasteiger partial charge in [0.2, 0.25) is 0 Å². The first-order valence-electron chi connectivity index (χ1n) is 9.72. The first-order chi connectivity index (χ1) is 14.3. The summed E-state index contributed by atoms with van der Waals surface area (Å²) in [4.78, 5) is 8.81. The highest BCUT2D eigenvalue weighted by molar-refractivity contribution is 5.54. The van der Waals surface area contributed by atoms with Gasteiger partial charge < -0.3 is 4.57 Å². The lowest BCUT2D eigenvalue weighted by atomic mass is 9.96. The molecule has 6 nitrogen and oxygen atoms in total. The first kappa shape index (κ1) is 20.5. The molecular formula is C21H23F3N6. The van der Waals surface area contributed by atoms with Gasteiger partial charge in [0, 0.05) is 12.4 Å². The number of benzene rings is 1. The van der Waals surface area contributed by atoms with Crippen molar-refractivity contribution in [1.29, 1.82) is 0 Å². The predicted octanol–water partition coefficient (Wildman–Crippen LogP) is 3.77. The minimum absolute atomic E-state index is 0.0927. The second kappa shape index (κ2) is 8.17. The van der Waals surface area contributed by atoms with Crippen LogP contribution in [-0.2, 0) is 0 Å². The Kier molecular flexibility index (Phi) is 5.59. The van der Waals surface area contributed by atoms with Crippen molar-refractivity contribution in [3.63, 3.8) is 0 Å². The number of hydrazine groups is 2. The van der Waals surface area contributed by atoms with Crippen LogP contribution in [0.2, 0.25) is 0 Å². The van der Waals surface area contributed by atoms with Gasteiger partial charge >= 0.3 is 6.18 Å². The number of halogens is 3. The normalized spacial score (nSPS) is 20.6. The summed E-state index contributed by atoms with van der Waals surface area (Å²) in [6.45, 7) is 4.28. The van der Waals surface area contributed by atoms with E-state index in [9.17, 15) is 13.2 Å². The fraction of sp³-hybridized carbons (Fsp3) is 0.333. The zero-order valence-electron chi connectivity index (χ0n) is 16.6. The molecule has 1 aliphatic rings. The smallest absolute Gasteiger partial charge is 0.329 e. The van der Waals surface area contributed by atoms with Crippen molar-refractivity contribution in [2.45, 2.75) is 38.1 Å². The lowest BCUT2D eigenvalue weighted by Gasteiger charge is -2.22. The molecule has 0 aliphatic carbocycles. The van der Waals surface area contributed by atoms with E-state index in [1.165, 1.54) is 11.8 Å². The molecule has 4 rings (SSSR count). The number of hydrogen-bond donors (Lipinski definition) is 3. The third-order valence-corrected chi connectivity index (χ3v) is 5.24. The summed E-state index contributed by atoms with van der Waals surface area (Å²) in [5.74, 6) is 0.320. The van der Waals surface area contributed by atoms with E-state index >= 15 is 0 Å². The van der Waals surface area contributed by atoms with Crippen LogP contribution >= 0.6 is 0 Å². The Hall–Kier alpha value is -2.75. The molecule has 9 heteroatoms. The molecule has 1 aromatic carbocycles. The molecule has 0 spiro atoms. The monoisotopic (exact) mass is 416 g/mol. The van der Waals surface area contributed by atoms with Crippen LogP contribution in [-0.4, -0.2) is 26.8 Å². The number of aromatic nitrogens is 3. The molecule has 0 bridgehead atoms. The van der Waals surface area contributed by atoms with Crippen LogP contribution in [0.1, 0.15) is 37.1 Å². The Bertz CT molecular complexity index is 986. The van der Waals surface area contributed by atoms with Crippen molar-refractivity contribution < 1.29 is 13.2 Å². The van der Waals surface area contributed by atoms with E-state index in [4.69, 9.17) is 0 Å². The van der Waals surface area contributed by atoms with Crippen molar-refractivity contribution in [2.24, 2.45) is 5.92 Å². The van der Waals surface area contributed by atoms with E-state index in [2.05, 4.69) is 52.3 Å². The van der Waals surface area contributed by atoms with Gasteiger partial charge in [-0.25, -0.2) is 15.8 Å². The standard InChI is InChI=1S/C21H23F3N6/c1-13(2)19(14-6-4-3-5-7-14)30-11-17(26-12-30)16-10-15(8-9-25-16)18-20(21(22,23)24)28-29-27-18/h3-13,18-20,27-29H,1-2H3. The predicted molar refractivity (Wildman–Crippen MR) is 107 cm³/mol. The maximum absolute atomic E-state index is 13.3. The fourth-order valence-corrected chi connectivity index (χ4v) is 3.86. The quantitative estimate of drug-likeness (QED) is 0.591. The summed E-state index contributed by atoms with van der Waals surface area (Å²) >= 11 is 0. The van der Waals surface area contributed by atoms with Crippen molar-refractivity contribution in [3.05, 3.63) is 72.3 Å². The Morgan fingerprint density at radius 2 is 1.77 bits per heavy atom. The molecule has 1 fully saturated rings. The van der Waals surface area contributed by atoms with E-state index in [0.29, 0.717) is 22.9 Å². The van der Waals surface area contributed by atoms with Crippen LogP contribution in [0.4, 0.5) is 13.2 Å². The van der Waals surface area contributed by atoms with Crippen LogP contribution < -0.4 is 16.4 Å². The summed E-state index contributed by atoms with van der Waals surface area (Å²) in [7, 11) is 0. The highest BCUT2D eigenvalue weighted by Crippen LogP contribution is 2.33. The van der Waals surface area contributed by atoms with Gasteiger partial charge in [0.25, 0.3) is 0 Å². The molecular weight excluding hydrogens is 393 g/mol. The highest BCUT2D eigenvalue weighted by atomic mass is 19.4. The molecule has 1 aliphatic heterocycles. The maximum atomic E-state index is 13.3. The summed E-state index contributed by atoms with van der Waals surface area (Å²) in [5, 5.41) is 0. The topological polar surface area (TPSA) is 66.8 Å². The zero-order valence-corrected chi connectivity index (χ0v) is 16.6. The third kappa shape index (κ3) is 4.09. The molecule has 30 heavy (non-hydrogen) atoms. The molecule has 3 unspecified atom stereocenters. The summed E-state index contributed by atoms with van der Waals surface area (Å²) in [6.07, 6.45) is 0.751. The highest BCUT2D eigenvalue weighted by Gasteiger charge is 2.48. The molecule has 2 aromatic heterocycles. The molecule has 0 amide bonds. The number of hydrogen-bond acceptors (Lipinski definition) is 5. The van der Waals surface area contributed by atoms with E-state index < -0.39 is 18.3 Å². The molecule has 3 heterocycles. The van der Waals surface area contributed by atoms with Crippen LogP contribution in [0.15, 0.2) is 61.2 Å². The number of alkyl halides is 3. The van der Waals surface area contributed by atoms with Crippen molar-refractivity contribution >= 4 is 0 Å². The Morgan fingerprint density at radius 3 is 2.47 bits per heavy atom. The number of nitrogens with one attached hydrogen (secondary N) is 3. The minimum atomic E-state index is -4.40. The average molecular weight is 416 g/mol. The van der Waals surface area contributed by atoms with Gasteiger partial charge in [-0.3, -0.25) is 4.98 Å². The average Bonchev–Trinajstić information content (AvgIpc) is 3.39. The van der Waals surface area contributed by atoms with E-state index in [1.54, 1.807) is 18.5 Å². The second-order valence-electron chi connectivity index (χ2n) is 7.69. The Labute approximate surface area is 172 Å².